The van der Waals surface area contributed by atoms with Gasteiger partial charge in [-0.2, -0.15) is 0 Å². The number of hydrogen-bond acceptors (Lipinski definition) is 2. The number of benzene rings is 3. The first-order chi connectivity index (χ1) is 13.1. The Hall–Kier alpha value is -3.28. The smallest absolute Gasteiger partial charge is 0.146 e. The molecular weight excluding hydrogens is 353 g/mol. The second-order valence-electron chi connectivity index (χ2n) is 6.11. The molecule has 0 N–H and O–H groups in total. The number of ether oxygens (including phenoxy) is 1. The van der Waals surface area contributed by atoms with Crippen LogP contribution in [0.5, 0.6) is 5.75 Å². The van der Waals surface area contributed by atoms with Crippen molar-refractivity contribution >= 4 is 11.0 Å². The van der Waals surface area contributed by atoms with Gasteiger partial charge in [0.25, 0.3) is 0 Å². The number of fused-ring (bicyclic) bond motifs is 1. The van der Waals surface area contributed by atoms with E-state index in [1.54, 1.807) is 34.9 Å². The van der Waals surface area contributed by atoms with Gasteiger partial charge in [0.15, 0.2) is 0 Å². The molecule has 0 saturated heterocycles. The van der Waals surface area contributed by atoms with Crippen LogP contribution < -0.4 is 4.74 Å². The summed E-state index contributed by atoms with van der Waals surface area (Å²) in [5, 5.41) is 0. The molecule has 0 unspecified atom stereocenters. The summed E-state index contributed by atoms with van der Waals surface area (Å²) in [5.41, 5.74) is 1.94. The second kappa shape index (κ2) is 6.79. The minimum Gasteiger partial charge on any atom is -0.494 e. The fourth-order valence-electron chi connectivity index (χ4n) is 3.18. The van der Waals surface area contributed by atoms with Crippen molar-refractivity contribution in [1.82, 2.24) is 9.55 Å². The van der Waals surface area contributed by atoms with Gasteiger partial charge in [-0.05, 0) is 42.0 Å². The normalized spacial score (nSPS) is 11.1. The van der Waals surface area contributed by atoms with Gasteiger partial charge in [0.05, 0.1) is 18.2 Å². The molecule has 4 aromatic rings. The molecule has 4 rings (SSSR count). The summed E-state index contributed by atoms with van der Waals surface area (Å²) in [7, 11) is 1.53. The predicted octanol–water partition coefficient (Wildman–Crippen LogP) is 5.18. The summed E-state index contributed by atoms with van der Waals surface area (Å²) in [5.74, 6) is -0.871. The van der Waals surface area contributed by atoms with Crippen LogP contribution >= 0.6 is 0 Å². The highest BCUT2D eigenvalue weighted by Gasteiger charge is 2.18. The van der Waals surface area contributed by atoms with Gasteiger partial charge in [-0.1, -0.05) is 18.2 Å². The van der Waals surface area contributed by atoms with Gasteiger partial charge in [0.1, 0.15) is 34.5 Å². The fraction of sp³-hybridized carbons (Fsp3) is 0.0952. The van der Waals surface area contributed by atoms with Crippen LogP contribution in [0, 0.1) is 17.5 Å². The molecule has 0 aliphatic heterocycles. The highest BCUT2D eigenvalue weighted by molar-refractivity contribution is 5.86. The summed E-state index contributed by atoms with van der Waals surface area (Å²) < 4.78 is 48.8. The van der Waals surface area contributed by atoms with Crippen LogP contribution in [0.25, 0.3) is 22.4 Å². The Morgan fingerprint density at radius 2 is 1.67 bits per heavy atom. The summed E-state index contributed by atoms with van der Waals surface area (Å²) in [6, 6.07) is 14.9. The number of imidazole rings is 1. The molecule has 0 atom stereocenters. The minimum absolute atomic E-state index is 0.127. The number of nitrogens with zero attached hydrogens (tertiary/aromatic N) is 2. The molecular formula is C21H15F3N2O. The van der Waals surface area contributed by atoms with E-state index in [-0.39, 0.29) is 6.54 Å². The van der Waals surface area contributed by atoms with E-state index in [1.807, 2.05) is 6.07 Å². The van der Waals surface area contributed by atoms with Crippen molar-refractivity contribution in [2.75, 3.05) is 7.11 Å². The average molecular weight is 368 g/mol. The van der Waals surface area contributed by atoms with Crippen LogP contribution in [0.3, 0.4) is 0 Å². The molecule has 0 amide bonds. The zero-order valence-electron chi connectivity index (χ0n) is 14.4. The first kappa shape index (κ1) is 17.1. The maximum absolute atomic E-state index is 14.4. The second-order valence-corrected chi connectivity index (χ2v) is 6.11. The van der Waals surface area contributed by atoms with Crippen LogP contribution in [0.4, 0.5) is 13.2 Å². The first-order valence-electron chi connectivity index (χ1n) is 8.30. The molecule has 6 heteroatoms. The van der Waals surface area contributed by atoms with Gasteiger partial charge in [-0.25, -0.2) is 18.2 Å². The Balaban J connectivity index is 1.96. The lowest BCUT2D eigenvalue weighted by Crippen LogP contribution is -2.04. The summed E-state index contributed by atoms with van der Waals surface area (Å²) in [6.45, 7) is 0.127. The van der Waals surface area contributed by atoms with Crippen molar-refractivity contribution in [3.63, 3.8) is 0 Å². The Kier molecular flexibility index (Phi) is 4.32. The van der Waals surface area contributed by atoms with Gasteiger partial charge in [-0.15, -0.1) is 0 Å². The SMILES string of the molecule is COc1cccc2c1nc(-c1ccccc1F)n2Cc1cc(F)cc(F)c1. The van der Waals surface area contributed by atoms with Gasteiger partial charge in [-0.3, -0.25) is 0 Å². The van der Waals surface area contributed by atoms with Crippen LogP contribution in [-0.2, 0) is 6.54 Å². The lowest BCUT2D eigenvalue weighted by Gasteiger charge is -2.11. The molecule has 0 fully saturated rings. The third kappa shape index (κ3) is 3.14. The van der Waals surface area contributed by atoms with E-state index < -0.39 is 17.5 Å². The van der Waals surface area contributed by atoms with Crippen LogP contribution in [0.15, 0.2) is 60.7 Å². The van der Waals surface area contributed by atoms with E-state index in [9.17, 15) is 13.2 Å². The Morgan fingerprint density at radius 1 is 0.926 bits per heavy atom. The van der Waals surface area contributed by atoms with Crippen molar-refractivity contribution in [3.8, 4) is 17.1 Å². The standard InChI is InChI=1S/C21H15F3N2O/c1-27-19-8-4-7-18-20(19)25-21(16-5-2-3-6-17(16)24)26(18)12-13-9-14(22)11-15(23)10-13/h2-11H,12H2,1H3. The number of aromatic nitrogens is 2. The largest absolute Gasteiger partial charge is 0.494 e. The van der Waals surface area contributed by atoms with Crippen molar-refractivity contribution in [2.45, 2.75) is 6.54 Å². The van der Waals surface area contributed by atoms with Crippen molar-refractivity contribution in [3.05, 3.63) is 83.7 Å². The maximum Gasteiger partial charge on any atom is 0.146 e. The van der Waals surface area contributed by atoms with E-state index in [4.69, 9.17) is 4.74 Å². The Labute approximate surface area is 153 Å². The highest BCUT2D eigenvalue weighted by atomic mass is 19.1. The number of rotatable bonds is 4. The van der Waals surface area contributed by atoms with Gasteiger partial charge in [0.2, 0.25) is 0 Å². The van der Waals surface area contributed by atoms with Crippen molar-refractivity contribution in [1.29, 1.82) is 0 Å². The Morgan fingerprint density at radius 3 is 2.37 bits per heavy atom. The quantitative estimate of drug-likeness (QED) is 0.496. The highest BCUT2D eigenvalue weighted by Crippen LogP contribution is 2.32. The van der Waals surface area contributed by atoms with E-state index >= 15 is 0 Å². The first-order valence-corrected chi connectivity index (χ1v) is 8.30. The van der Waals surface area contributed by atoms with E-state index in [0.29, 0.717) is 33.7 Å². The van der Waals surface area contributed by atoms with E-state index in [2.05, 4.69) is 4.98 Å². The third-order valence-corrected chi connectivity index (χ3v) is 4.34. The van der Waals surface area contributed by atoms with Crippen LogP contribution in [0.1, 0.15) is 5.56 Å². The van der Waals surface area contributed by atoms with E-state index in [1.165, 1.54) is 25.3 Å². The topological polar surface area (TPSA) is 27.1 Å². The lowest BCUT2D eigenvalue weighted by atomic mass is 10.1. The molecule has 0 spiro atoms. The number of halogens is 3. The van der Waals surface area contributed by atoms with Gasteiger partial charge in [0, 0.05) is 12.6 Å². The molecule has 0 aliphatic rings. The zero-order chi connectivity index (χ0) is 19.0. The van der Waals surface area contributed by atoms with Crippen molar-refractivity contribution < 1.29 is 17.9 Å². The monoisotopic (exact) mass is 368 g/mol. The molecule has 0 radical (unpaired) electrons. The summed E-state index contributed by atoms with van der Waals surface area (Å²) >= 11 is 0. The average Bonchev–Trinajstić information content (AvgIpc) is 2.99. The Bertz CT molecular complexity index is 1120. The molecule has 3 nitrogen and oxygen atoms in total. The van der Waals surface area contributed by atoms with Gasteiger partial charge >= 0.3 is 0 Å². The van der Waals surface area contributed by atoms with Gasteiger partial charge < -0.3 is 9.30 Å². The number of hydrogen-bond donors (Lipinski definition) is 0. The molecule has 1 aromatic heterocycles. The molecule has 0 aliphatic carbocycles. The molecule has 0 bridgehead atoms. The number of methoxy groups -OCH3 is 1. The van der Waals surface area contributed by atoms with Crippen LogP contribution in [0.2, 0.25) is 0 Å². The van der Waals surface area contributed by atoms with E-state index in [0.717, 1.165) is 6.07 Å². The summed E-state index contributed by atoms with van der Waals surface area (Å²) in [6.07, 6.45) is 0. The molecule has 1 heterocycles. The van der Waals surface area contributed by atoms with Crippen molar-refractivity contribution in [2.24, 2.45) is 0 Å². The lowest BCUT2D eigenvalue weighted by molar-refractivity contribution is 0.419. The zero-order valence-corrected chi connectivity index (χ0v) is 14.4. The molecule has 3 aromatic carbocycles. The summed E-state index contributed by atoms with van der Waals surface area (Å²) in [4.78, 5) is 4.57. The molecule has 27 heavy (non-hydrogen) atoms. The molecule has 0 saturated carbocycles. The predicted molar refractivity (Wildman–Crippen MR) is 97.1 cm³/mol. The fourth-order valence-corrected chi connectivity index (χ4v) is 3.18. The number of para-hydroxylation sites is 1. The molecule has 136 valence electrons. The third-order valence-electron chi connectivity index (χ3n) is 4.34. The van der Waals surface area contributed by atoms with Crippen LogP contribution in [-0.4, -0.2) is 16.7 Å². The minimum atomic E-state index is -0.667. The maximum atomic E-state index is 14.4.